The minimum atomic E-state index is -0.878. The number of nitro groups is 1. The van der Waals surface area contributed by atoms with Gasteiger partial charge in [-0.05, 0) is 32.3 Å². The van der Waals surface area contributed by atoms with E-state index in [0.29, 0.717) is 30.5 Å². The van der Waals surface area contributed by atoms with Gasteiger partial charge < -0.3 is 10.4 Å². The zero-order valence-electron chi connectivity index (χ0n) is 11.5. The summed E-state index contributed by atoms with van der Waals surface area (Å²) in [6.07, 6.45) is 1.33. The molecule has 1 fully saturated rings. The maximum absolute atomic E-state index is 12.1. The standard InChI is InChI=1S/C14H16N2O5/c1-8-2-5-11(7-12(8)16(20)21)15-13(17)9-3-4-10(6-9)14(18)19/h2,5,7,9-10H,3-4,6H2,1H3,(H,15,17)(H,18,19)/t9-,10+/m1/s1. The maximum atomic E-state index is 12.1. The van der Waals surface area contributed by atoms with Crippen molar-refractivity contribution >= 4 is 23.3 Å². The van der Waals surface area contributed by atoms with E-state index in [1.807, 2.05) is 0 Å². The van der Waals surface area contributed by atoms with Crippen molar-refractivity contribution in [3.8, 4) is 0 Å². The number of nitrogens with one attached hydrogen (secondary N) is 1. The molecule has 0 aromatic heterocycles. The third-order valence-corrected chi connectivity index (χ3v) is 3.83. The fourth-order valence-electron chi connectivity index (χ4n) is 2.57. The summed E-state index contributed by atoms with van der Waals surface area (Å²) >= 11 is 0. The van der Waals surface area contributed by atoms with Gasteiger partial charge in [-0.2, -0.15) is 0 Å². The van der Waals surface area contributed by atoms with Crippen molar-refractivity contribution in [3.05, 3.63) is 33.9 Å². The van der Waals surface area contributed by atoms with Gasteiger partial charge in [0.2, 0.25) is 5.91 Å². The summed E-state index contributed by atoms with van der Waals surface area (Å²) in [6.45, 7) is 1.62. The topological polar surface area (TPSA) is 110 Å². The lowest BCUT2D eigenvalue weighted by Crippen LogP contribution is -2.21. The summed E-state index contributed by atoms with van der Waals surface area (Å²) in [5.41, 5.74) is 0.823. The Labute approximate surface area is 121 Å². The van der Waals surface area contributed by atoms with Crippen LogP contribution in [0.4, 0.5) is 11.4 Å². The molecule has 112 valence electrons. The molecule has 21 heavy (non-hydrogen) atoms. The Morgan fingerprint density at radius 1 is 1.33 bits per heavy atom. The van der Waals surface area contributed by atoms with Crippen LogP contribution in [0.25, 0.3) is 0 Å². The predicted octanol–water partition coefficient (Wildman–Crippen LogP) is 2.34. The van der Waals surface area contributed by atoms with Crippen molar-refractivity contribution in [2.45, 2.75) is 26.2 Å². The molecule has 1 amide bonds. The number of anilines is 1. The smallest absolute Gasteiger partial charge is 0.306 e. The highest BCUT2D eigenvalue weighted by atomic mass is 16.6. The number of carboxylic acids is 1. The van der Waals surface area contributed by atoms with Gasteiger partial charge in [0.15, 0.2) is 0 Å². The van der Waals surface area contributed by atoms with Crippen LogP contribution >= 0.6 is 0 Å². The van der Waals surface area contributed by atoms with Gasteiger partial charge in [0, 0.05) is 23.2 Å². The lowest BCUT2D eigenvalue weighted by Gasteiger charge is -2.11. The summed E-state index contributed by atoms with van der Waals surface area (Å²) in [7, 11) is 0. The molecule has 7 heteroatoms. The van der Waals surface area contributed by atoms with Crippen LogP contribution in [-0.2, 0) is 9.59 Å². The second kappa shape index (κ2) is 5.90. The van der Waals surface area contributed by atoms with Crippen LogP contribution in [-0.4, -0.2) is 21.9 Å². The van der Waals surface area contributed by atoms with E-state index < -0.39 is 16.8 Å². The molecule has 1 aliphatic carbocycles. The molecule has 1 saturated carbocycles. The Morgan fingerprint density at radius 3 is 2.57 bits per heavy atom. The van der Waals surface area contributed by atoms with Crippen molar-refractivity contribution in [2.75, 3.05) is 5.32 Å². The second-order valence-electron chi connectivity index (χ2n) is 5.29. The van der Waals surface area contributed by atoms with Crippen LogP contribution in [0.5, 0.6) is 0 Å². The highest BCUT2D eigenvalue weighted by molar-refractivity contribution is 5.93. The van der Waals surface area contributed by atoms with E-state index in [4.69, 9.17) is 5.11 Å². The van der Waals surface area contributed by atoms with Crippen LogP contribution < -0.4 is 5.32 Å². The zero-order valence-corrected chi connectivity index (χ0v) is 11.5. The maximum Gasteiger partial charge on any atom is 0.306 e. The van der Waals surface area contributed by atoms with E-state index in [9.17, 15) is 19.7 Å². The quantitative estimate of drug-likeness (QED) is 0.653. The number of carbonyl (C=O) groups is 2. The number of nitrogens with zero attached hydrogens (tertiary/aromatic N) is 1. The molecule has 1 aromatic rings. The first kappa shape index (κ1) is 15.0. The van der Waals surface area contributed by atoms with Crippen LogP contribution in [0, 0.1) is 28.9 Å². The number of carboxylic acid groups (broad SMARTS) is 1. The Hall–Kier alpha value is -2.44. The molecule has 1 aromatic carbocycles. The molecule has 0 bridgehead atoms. The van der Waals surface area contributed by atoms with Crippen LogP contribution in [0.3, 0.4) is 0 Å². The van der Waals surface area contributed by atoms with Crippen LogP contribution in [0.15, 0.2) is 18.2 Å². The summed E-state index contributed by atoms with van der Waals surface area (Å²) in [6, 6.07) is 4.49. The Morgan fingerprint density at radius 2 is 2.00 bits per heavy atom. The number of aryl methyl sites for hydroxylation is 1. The van der Waals surface area contributed by atoms with Gasteiger partial charge >= 0.3 is 5.97 Å². The Balaban J connectivity index is 2.05. The largest absolute Gasteiger partial charge is 0.481 e. The van der Waals surface area contributed by atoms with Crippen LogP contribution in [0.2, 0.25) is 0 Å². The van der Waals surface area contributed by atoms with E-state index in [-0.39, 0.29) is 17.5 Å². The first-order chi connectivity index (χ1) is 9.88. The number of hydrogen-bond donors (Lipinski definition) is 2. The molecule has 7 nitrogen and oxygen atoms in total. The Bertz CT molecular complexity index is 599. The van der Waals surface area contributed by atoms with E-state index >= 15 is 0 Å². The minimum Gasteiger partial charge on any atom is -0.481 e. The summed E-state index contributed by atoms with van der Waals surface area (Å²) in [5, 5.41) is 22.4. The lowest BCUT2D eigenvalue weighted by atomic mass is 10.0. The zero-order chi connectivity index (χ0) is 15.6. The van der Waals surface area contributed by atoms with Crippen molar-refractivity contribution in [2.24, 2.45) is 11.8 Å². The van der Waals surface area contributed by atoms with E-state index in [0.717, 1.165) is 0 Å². The van der Waals surface area contributed by atoms with Gasteiger partial charge in [-0.3, -0.25) is 19.7 Å². The number of amides is 1. The highest BCUT2D eigenvalue weighted by Crippen LogP contribution is 2.32. The number of benzene rings is 1. The minimum absolute atomic E-state index is 0.0531. The molecule has 2 rings (SSSR count). The molecule has 0 aliphatic heterocycles. The van der Waals surface area contributed by atoms with E-state index in [1.165, 1.54) is 6.07 Å². The lowest BCUT2D eigenvalue weighted by molar-refractivity contribution is -0.385. The Kier molecular flexibility index (Phi) is 4.21. The molecule has 0 heterocycles. The van der Waals surface area contributed by atoms with Crippen molar-refractivity contribution in [3.63, 3.8) is 0 Å². The molecule has 0 spiro atoms. The monoisotopic (exact) mass is 292 g/mol. The average molecular weight is 292 g/mol. The third kappa shape index (κ3) is 3.36. The van der Waals surface area contributed by atoms with E-state index in [2.05, 4.69) is 5.32 Å². The first-order valence-corrected chi connectivity index (χ1v) is 6.67. The van der Waals surface area contributed by atoms with Gasteiger partial charge in [-0.1, -0.05) is 6.07 Å². The van der Waals surface area contributed by atoms with Crippen molar-refractivity contribution in [1.82, 2.24) is 0 Å². The molecule has 0 radical (unpaired) electrons. The van der Waals surface area contributed by atoms with Gasteiger partial charge in [-0.15, -0.1) is 0 Å². The molecule has 0 unspecified atom stereocenters. The number of aliphatic carboxylic acids is 1. The van der Waals surface area contributed by atoms with Crippen molar-refractivity contribution in [1.29, 1.82) is 0 Å². The van der Waals surface area contributed by atoms with E-state index in [1.54, 1.807) is 19.1 Å². The SMILES string of the molecule is Cc1ccc(NC(=O)[C@@H]2CC[C@H](C(=O)O)C2)cc1[N+](=O)[O-]. The fourth-order valence-corrected chi connectivity index (χ4v) is 2.57. The summed E-state index contributed by atoms with van der Waals surface area (Å²) < 4.78 is 0. The number of hydrogen-bond acceptors (Lipinski definition) is 4. The average Bonchev–Trinajstić information content (AvgIpc) is 2.90. The summed E-state index contributed by atoms with van der Waals surface area (Å²) in [4.78, 5) is 33.3. The van der Waals surface area contributed by atoms with Gasteiger partial charge in [-0.25, -0.2) is 0 Å². The molecular weight excluding hydrogens is 276 g/mol. The number of nitro benzene ring substituents is 1. The van der Waals surface area contributed by atoms with Gasteiger partial charge in [0.05, 0.1) is 10.8 Å². The summed E-state index contributed by atoms with van der Waals surface area (Å²) in [5.74, 6) is -1.99. The number of carbonyl (C=O) groups excluding carboxylic acids is 1. The highest BCUT2D eigenvalue weighted by Gasteiger charge is 2.33. The fraction of sp³-hybridized carbons (Fsp3) is 0.429. The molecule has 2 N–H and O–H groups in total. The van der Waals surface area contributed by atoms with Crippen LogP contribution in [0.1, 0.15) is 24.8 Å². The van der Waals surface area contributed by atoms with Crippen molar-refractivity contribution < 1.29 is 19.6 Å². The second-order valence-corrected chi connectivity index (χ2v) is 5.29. The third-order valence-electron chi connectivity index (χ3n) is 3.83. The molecule has 2 atom stereocenters. The molecule has 1 aliphatic rings. The predicted molar refractivity (Wildman–Crippen MR) is 74.9 cm³/mol. The molecule has 0 saturated heterocycles. The molecular formula is C14H16N2O5. The van der Waals surface area contributed by atoms with Gasteiger partial charge in [0.25, 0.3) is 5.69 Å². The van der Waals surface area contributed by atoms with Gasteiger partial charge in [0.1, 0.15) is 0 Å². The normalized spacial score (nSPS) is 21.0. The number of rotatable bonds is 4. The first-order valence-electron chi connectivity index (χ1n) is 6.67.